The molecule has 0 atom stereocenters. The lowest BCUT2D eigenvalue weighted by Gasteiger charge is -2.23. The highest BCUT2D eigenvalue weighted by Crippen LogP contribution is 2.27. The third kappa shape index (κ3) is 3.57. The van der Waals surface area contributed by atoms with E-state index in [1.54, 1.807) is 0 Å². The molecule has 0 amide bonds. The highest BCUT2D eigenvalue weighted by atomic mass is 16.5. The Morgan fingerprint density at radius 1 is 1.39 bits per heavy atom. The molecule has 1 heterocycles. The third-order valence-electron chi connectivity index (χ3n) is 3.35. The van der Waals surface area contributed by atoms with Crippen molar-refractivity contribution in [3.8, 4) is 5.75 Å². The van der Waals surface area contributed by atoms with E-state index in [1.165, 1.54) is 5.56 Å². The van der Waals surface area contributed by atoms with Crippen molar-refractivity contribution in [1.82, 2.24) is 5.32 Å². The van der Waals surface area contributed by atoms with E-state index in [-0.39, 0.29) is 5.97 Å². The molecule has 1 saturated heterocycles. The molecule has 3 nitrogen and oxygen atoms in total. The number of carbonyl (C=O) groups excluding carboxylic acids is 1. The molecule has 1 aliphatic heterocycles. The van der Waals surface area contributed by atoms with E-state index in [0.717, 1.165) is 32.4 Å². The van der Waals surface area contributed by atoms with E-state index < -0.39 is 0 Å². The van der Waals surface area contributed by atoms with Crippen LogP contribution in [0, 0.1) is 0 Å². The Morgan fingerprint density at radius 2 is 2.17 bits per heavy atom. The predicted octanol–water partition coefficient (Wildman–Crippen LogP) is 2.86. The first kappa shape index (κ1) is 13.1. The van der Waals surface area contributed by atoms with Gasteiger partial charge in [-0.2, -0.15) is 0 Å². The fourth-order valence-electron chi connectivity index (χ4n) is 2.37. The summed E-state index contributed by atoms with van der Waals surface area (Å²) in [5, 5.41) is 3.36. The molecular formula is C15H21NO2. The molecule has 1 aliphatic rings. The van der Waals surface area contributed by atoms with Crippen LogP contribution in [0.5, 0.6) is 5.75 Å². The zero-order valence-corrected chi connectivity index (χ0v) is 10.9. The lowest BCUT2D eigenvalue weighted by atomic mass is 9.90. The molecule has 0 aromatic heterocycles. The van der Waals surface area contributed by atoms with Gasteiger partial charge in [-0.05, 0) is 56.0 Å². The van der Waals surface area contributed by atoms with Gasteiger partial charge in [0.25, 0.3) is 0 Å². The Balaban J connectivity index is 2.02. The Labute approximate surface area is 109 Å². The van der Waals surface area contributed by atoms with Gasteiger partial charge in [0.2, 0.25) is 0 Å². The van der Waals surface area contributed by atoms with Crippen LogP contribution in [-0.2, 0) is 4.79 Å². The number of ether oxygens (including phenoxy) is 1. The van der Waals surface area contributed by atoms with Crippen molar-refractivity contribution >= 4 is 5.97 Å². The average molecular weight is 247 g/mol. The molecule has 1 aromatic carbocycles. The van der Waals surface area contributed by atoms with Gasteiger partial charge in [0.15, 0.2) is 0 Å². The zero-order valence-electron chi connectivity index (χ0n) is 10.9. The molecule has 0 saturated carbocycles. The largest absolute Gasteiger partial charge is 0.427 e. The molecule has 0 unspecified atom stereocenters. The predicted molar refractivity (Wildman–Crippen MR) is 71.8 cm³/mol. The maximum Gasteiger partial charge on any atom is 0.311 e. The van der Waals surface area contributed by atoms with E-state index in [4.69, 9.17) is 4.74 Å². The molecule has 0 bridgehead atoms. The number of carbonyl (C=O) groups is 1. The molecule has 0 aliphatic carbocycles. The molecule has 1 aromatic rings. The summed E-state index contributed by atoms with van der Waals surface area (Å²) >= 11 is 0. The maximum atomic E-state index is 11.5. The summed E-state index contributed by atoms with van der Waals surface area (Å²) in [6.07, 6.45) is 3.63. The van der Waals surface area contributed by atoms with E-state index >= 15 is 0 Å². The molecule has 1 N–H and O–H groups in total. The number of rotatable bonds is 4. The van der Waals surface area contributed by atoms with Crippen LogP contribution in [0.1, 0.15) is 44.1 Å². The number of piperidine rings is 1. The summed E-state index contributed by atoms with van der Waals surface area (Å²) in [6.45, 7) is 4.13. The van der Waals surface area contributed by atoms with Gasteiger partial charge in [-0.25, -0.2) is 0 Å². The smallest absolute Gasteiger partial charge is 0.311 e. The van der Waals surface area contributed by atoms with E-state index in [9.17, 15) is 4.79 Å². The second kappa shape index (κ2) is 6.55. The Hall–Kier alpha value is -1.35. The van der Waals surface area contributed by atoms with Gasteiger partial charge in [0.1, 0.15) is 5.75 Å². The summed E-state index contributed by atoms with van der Waals surface area (Å²) in [6, 6.07) is 7.99. The number of esters is 1. The summed E-state index contributed by atoms with van der Waals surface area (Å²) in [5.41, 5.74) is 1.29. The Bertz CT molecular complexity index is 397. The van der Waals surface area contributed by atoms with Gasteiger partial charge in [-0.15, -0.1) is 0 Å². The fraction of sp³-hybridized carbons (Fsp3) is 0.533. The van der Waals surface area contributed by atoms with Crippen LogP contribution < -0.4 is 10.1 Å². The molecule has 2 rings (SSSR count). The summed E-state index contributed by atoms with van der Waals surface area (Å²) in [7, 11) is 0. The second-order valence-electron chi connectivity index (χ2n) is 4.82. The first-order chi connectivity index (χ1) is 8.79. The summed E-state index contributed by atoms with van der Waals surface area (Å²) in [4.78, 5) is 11.5. The molecule has 98 valence electrons. The average Bonchev–Trinajstić information content (AvgIpc) is 2.40. The van der Waals surface area contributed by atoms with Gasteiger partial charge in [0.05, 0.1) is 0 Å². The molecular weight excluding hydrogens is 226 g/mol. The van der Waals surface area contributed by atoms with Crippen molar-refractivity contribution in [3.63, 3.8) is 0 Å². The van der Waals surface area contributed by atoms with Gasteiger partial charge < -0.3 is 10.1 Å². The highest BCUT2D eigenvalue weighted by molar-refractivity contribution is 5.72. The summed E-state index contributed by atoms with van der Waals surface area (Å²) < 4.78 is 5.33. The highest BCUT2D eigenvalue weighted by Gasteiger charge is 2.15. The van der Waals surface area contributed by atoms with Crippen molar-refractivity contribution in [3.05, 3.63) is 29.8 Å². The lowest BCUT2D eigenvalue weighted by molar-refractivity contribution is -0.134. The second-order valence-corrected chi connectivity index (χ2v) is 4.82. The van der Waals surface area contributed by atoms with E-state index in [0.29, 0.717) is 18.1 Å². The third-order valence-corrected chi connectivity index (χ3v) is 3.35. The molecule has 3 heteroatoms. The van der Waals surface area contributed by atoms with Crippen LogP contribution >= 0.6 is 0 Å². The van der Waals surface area contributed by atoms with Crippen molar-refractivity contribution in [2.75, 3.05) is 13.1 Å². The number of hydrogen-bond acceptors (Lipinski definition) is 3. The normalized spacial score (nSPS) is 16.5. The van der Waals surface area contributed by atoms with Crippen LogP contribution in [-0.4, -0.2) is 19.1 Å². The van der Waals surface area contributed by atoms with Gasteiger partial charge in [0, 0.05) is 6.42 Å². The van der Waals surface area contributed by atoms with Crippen LogP contribution in [0.3, 0.4) is 0 Å². The monoisotopic (exact) mass is 247 g/mol. The number of hydrogen-bond donors (Lipinski definition) is 1. The van der Waals surface area contributed by atoms with Crippen LogP contribution in [0.25, 0.3) is 0 Å². The van der Waals surface area contributed by atoms with Crippen molar-refractivity contribution < 1.29 is 9.53 Å². The van der Waals surface area contributed by atoms with E-state index in [1.807, 2.05) is 25.1 Å². The Kier molecular flexibility index (Phi) is 4.76. The first-order valence-corrected chi connectivity index (χ1v) is 6.81. The van der Waals surface area contributed by atoms with Crippen LogP contribution in [0.4, 0.5) is 0 Å². The van der Waals surface area contributed by atoms with Gasteiger partial charge in [-0.3, -0.25) is 4.79 Å². The number of benzene rings is 1. The molecule has 0 spiro atoms. The van der Waals surface area contributed by atoms with Crippen molar-refractivity contribution in [2.45, 2.75) is 38.5 Å². The quantitative estimate of drug-likeness (QED) is 0.657. The first-order valence-electron chi connectivity index (χ1n) is 6.81. The fourth-order valence-corrected chi connectivity index (χ4v) is 2.37. The minimum atomic E-state index is -0.139. The van der Waals surface area contributed by atoms with Crippen molar-refractivity contribution in [1.29, 1.82) is 0 Å². The zero-order chi connectivity index (χ0) is 12.8. The minimum Gasteiger partial charge on any atom is -0.427 e. The topological polar surface area (TPSA) is 38.3 Å². The number of nitrogens with one attached hydrogen (secondary N) is 1. The SMILES string of the molecule is CCCC(=O)Oc1cccc(C2CCNCC2)c1. The maximum absolute atomic E-state index is 11.5. The van der Waals surface area contributed by atoms with Crippen LogP contribution in [0.15, 0.2) is 24.3 Å². The Morgan fingerprint density at radius 3 is 2.89 bits per heavy atom. The van der Waals surface area contributed by atoms with Gasteiger partial charge >= 0.3 is 5.97 Å². The van der Waals surface area contributed by atoms with Gasteiger partial charge in [-0.1, -0.05) is 19.1 Å². The lowest BCUT2D eigenvalue weighted by Crippen LogP contribution is -2.26. The van der Waals surface area contributed by atoms with Crippen LogP contribution in [0.2, 0.25) is 0 Å². The summed E-state index contributed by atoms with van der Waals surface area (Å²) in [5.74, 6) is 1.14. The molecule has 1 fully saturated rings. The molecule has 18 heavy (non-hydrogen) atoms. The standard InChI is InChI=1S/C15H21NO2/c1-2-4-15(17)18-14-6-3-5-13(11-14)12-7-9-16-10-8-12/h3,5-6,11-12,16H,2,4,7-10H2,1H3. The minimum absolute atomic E-state index is 0.139. The molecule has 0 radical (unpaired) electrons. The van der Waals surface area contributed by atoms with E-state index in [2.05, 4.69) is 11.4 Å². The van der Waals surface area contributed by atoms with Crippen molar-refractivity contribution in [2.24, 2.45) is 0 Å².